The Morgan fingerprint density at radius 2 is 1.55 bits per heavy atom. The van der Waals surface area contributed by atoms with Crippen molar-refractivity contribution < 1.29 is 27.9 Å². The molecule has 0 radical (unpaired) electrons. The Bertz CT molecular complexity index is 1440. The zero-order valence-electron chi connectivity index (χ0n) is 23.2. The first kappa shape index (κ1) is 31.8. The lowest BCUT2D eigenvalue weighted by Crippen LogP contribution is -2.57. The molecule has 1 unspecified atom stereocenters. The van der Waals surface area contributed by atoms with Crippen molar-refractivity contribution in [2.75, 3.05) is 17.5 Å². The maximum absolute atomic E-state index is 13.6. The number of amides is 1. The Kier molecular flexibility index (Phi) is 10.9. The smallest absolute Gasteiger partial charge is 0.306 e. The molecular formula is C31H34Cl2N2O6S. The Labute approximate surface area is 256 Å². The Morgan fingerprint density at radius 3 is 2.05 bits per heavy atom. The molecule has 3 aromatic rings. The quantitative estimate of drug-likeness (QED) is 0.285. The highest BCUT2D eigenvalue weighted by Crippen LogP contribution is 2.36. The number of carboxylic acid groups (broad SMARTS) is 1. The standard InChI is InChI=1S/C25H29ClN2O6S.C6H5Cl/c1-2-19(15-27(20-6-4-3-5-7-20)35(32,33)21-12-13-21)28-22(17-8-10-18(26)11-9-17)16-34-23(25(28)31)14-24(29)30;7-6-4-2-1-3-5-6/h3-11,19,21-23H,2,12-16H2,1H3,(H,29,30);1-5H/t19-,22-,23?;/m0./s1. The third-order valence-corrected chi connectivity index (χ3v) is 10.00. The lowest BCUT2D eigenvalue weighted by molar-refractivity contribution is -0.168. The van der Waals surface area contributed by atoms with Crippen LogP contribution in [0.4, 0.5) is 5.69 Å². The molecule has 11 heteroatoms. The maximum Gasteiger partial charge on any atom is 0.306 e. The second-order valence-electron chi connectivity index (χ2n) is 10.2. The summed E-state index contributed by atoms with van der Waals surface area (Å²) in [6.45, 7) is 2.06. The van der Waals surface area contributed by atoms with Gasteiger partial charge in [-0.15, -0.1) is 0 Å². The van der Waals surface area contributed by atoms with Crippen LogP contribution in [0.15, 0.2) is 84.9 Å². The molecule has 5 rings (SSSR count). The number of carboxylic acids is 1. The number of aliphatic carboxylic acids is 1. The number of hydrogen-bond acceptors (Lipinski definition) is 5. The number of benzene rings is 3. The number of hydrogen-bond donors (Lipinski definition) is 1. The van der Waals surface area contributed by atoms with Crippen LogP contribution in [0.1, 0.15) is 44.2 Å². The van der Waals surface area contributed by atoms with E-state index < -0.39 is 51.8 Å². The van der Waals surface area contributed by atoms with Crippen LogP contribution >= 0.6 is 23.2 Å². The van der Waals surface area contributed by atoms with E-state index in [0.717, 1.165) is 10.6 Å². The summed E-state index contributed by atoms with van der Waals surface area (Å²) in [5.74, 6) is -1.59. The van der Waals surface area contributed by atoms with E-state index in [0.29, 0.717) is 30.0 Å². The zero-order valence-corrected chi connectivity index (χ0v) is 25.5. The molecule has 8 nitrogen and oxygen atoms in total. The van der Waals surface area contributed by atoms with Crippen LogP contribution in [0.5, 0.6) is 0 Å². The summed E-state index contributed by atoms with van der Waals surface area (Å²) >= 11 is 11.6. The van der Waals surface area contributed by atoms with E-state index in [-0.39, 0.29) is 13.2 Å². The lowest BCUT2D eigenvalue weighted by atomic mass is 9.98. The molecule has 1 aliphatic carbocycles. The van der Waals surface area contributed by atoms with Crippen LogP contribution in [0, 0.1) is 0 Å². The van der Waals surface area contributed by atoms with Gasteiger partial charge >= 0.3 is 5.97 Å². The van der Waals surface area contributed by atoms with Gasteiger partial charge in [-0.25, -0.2) is 8.42 Å². The fourth-order valence-electron chi connectivity index (χ4n) is 4.88. The minimum absolute atomic E-state index is 0.0645. The molecule has 42 heavy (non-hydrogen) atoms. The fraction of sp³-hybridized carbons (Fsp3) is 0.355. The Morgan fingerprint density at radius 1 is 0.976 bits per heavy atom. The van der Waals surface area contributed by atoms with E-state index >= 15 is 0 Å². The van der Waals surface area contributed by atoms with Gasteiger partial charge in [0.15, 0.2) is 0 Å². The van der Waals surface area contributed by atoms with Gasteiger partial charge in [0.05, 0.1) is 42.6 Å². The molecule has 224 valence electrons. The number of morpholine rings is 1. The highest BCUT2D eigenvalue weighted by atomic mass is 35.5. The van der Waals surface area contributed by atoms with E-state index in [4.69, 9.17) is 27.9 Å². The highest BCUT2D eigenvalue weighted by molar-refractivity contribution is 7.93. The van der Waals surface area contributed by atoms with Crippen molar-refractivity contribution in [3.05, 3.63) is 101 Å². The molecular weight excluding hydrogens is 599 g/mol. The number of anilines is 1. The van der Waals surface area contributed by atoms with Crippen molar-refractivity contribution in [2.45, 2.75) is 56.0 Å². The second-order valence-corrected chi connectivity index (χ2v) is 13.2. The maximum atomic E-state index is 13.6. The minimum Gasteiger partial charge on any atom is -0.481 e. The second kappa shape index (κ2) is 14.4. The average Bonchev–Trinajstić information content (AvgIpc) is 3.83. The third-order valence-electron chi connectivity index (χ3n) is 7.21. The molecule has 0 aromatic heterocycles. The van der Waals surface area contributed by atoms with Crippen molar-refractivity contribution in [2.24, 2.45) is 0 Å². The topological polar surface area (TPSA) is 104 Å². The Hall–Kier alpha value is -3.11. The van der Waals surface area contributed by atoms with E-state index in [1.807, 2.05) is 43.3 Å². The fourth-order valence-corrected chi connectivity index (χ4v) is 7.03. The average molecular weight is 634 g/mol. The molecule has 1 N–H and O–H groups in total. The van der Waals surface area contributed by atoms with Gasteiger partial charge in [-0.1, -0.05) is 78.7 Å². The van der Waals surface area contributed by atoms with Crippen molar-refractivity contribution >= 4 is 50.8 Å². The van der Waals surface area contributed by atoms with Crippen LogP contribution in [0.2, 0.25) is 10.0 Å². The van der Waals surface area contributed by atoms with Gasteiger partial charge < -0.3 is 14.7 Å². The minimum atomic E-state index is -3.61. The van der Waals surface area contributed by atoms with E-state index in [1.165, 1.54) is 4.31 Å². The zero-order chi connectivity index (χ0) is 30.3. The lowest BCUT2D eigenvalue weighted by Gasteiger charge is -2.45. The van der Waals surface area contributed by atoms with Gasteiger partial charge in [0.1, 0.15) is 6.10 Å². The molecule has 2 aliphatic rings. The van der Waals surface area contributed by atoms with Crippen LogP contribution in [-0.4, -0.2) is 60.8 Å². The van der Waals surface area contributed by atoms with Crippen LogP contribution in [0.25, 0.3) is 0 Å². The first-order valence-corrected chi connectivity index (χ1v) is 16.1. The van der Waals surface area contributed by atoms with Gasteiger partial charge in [0.25, 0.3) is 5.91 Å². The SMILES string of the molecule is CC[C@@H](CN(c1ccccc1)S(=O)(=O)C1CC1)N1C(=O)C(CC(=O)O)OC[C@H]1c1ccc(Cl)cc1.Clc1ccccc1. The largest absolute Gasteiger partial charge is 0.481 e. The van der Waals surface area contributed by atoms with Crippen LogP contribution in [-0.2, 0) is 24.3 Å². The van der Waals surface area contributed by atoms with Gasteiger partial charge in [-0.3, -0.25) is 13.9 Å². The first-order valence-electron chi connectivity index (χ1n) is 13.8. The third kappa shape index (κ3) is 8.04. The van der Waals surface area contributed by atoms with Gasteiger partial charge in [0, 0.05) is 10.0 Å². The predicted molar refractivity (Wildman–Crippen MR) is 164 cm³/mol. The molecule has 0 bridgehead atoms. The number of halogens is 2. The van der Waals surface area contributed by atoms with Crippen molar-refractivity contribution in [1.82, 2.24) is 4.90 Å². The Balaban J connectivity index is 0.000000507. The summed E-state index contributed by atoms with van der Waals surface area (Å²) in [4.78, 5) is 26.6. The van der Waals surface area contributed by atoms with Crippen molar-refractivity contribution in [3.63, 3.8) is 0 Å². The first-order chi connectivity index (χ1) is 20.1. The number of carbonyl (C=O) groups is 2. The van der Waals surface area contributed by atoms with Gasteiger partial charge in [0.2, 0.25) is 10.0 Å². The van der Waals surface area contributed by atoms with Gasteiger partial charge in [-0.2, -0.15) is 0 Å². The van der Waals surface area contributed by atoms with E-state index in [2.05, 4.69) is 0 Å². The van der Waals surface area contributed by atoms with E-state index in [9.17, 15) is 23.1 Å². The van der Waals surface area contributed by atoms with Crippen molar-refractivity contribution in [3.8, 4) is 0 Å². The summed E-state index contributed by atoms with van der Waals surface area (Å²) in [7, 11) is -3.61. The predicted octanol–water partition coefficient (Wildman–Crippen LogP) is 6.20. The molecule has 1 saturated carbocycles. The molecule has 2 fully saturated rings. The van der Waals surface area contributed by atoms with Crippen LogP contribution < -0.4 is 4.31 Å². The normalized spacial score (nSPS) is 19.4. The summed E-state index contributed by atoms with van der Waals surface area (Å²) in [5.41, 5.74) is 1.33. The molecule has 1 amide bonds. The van der Waals surface area contributed by atoms with Gasteiger partial charge in [-0.05, 0) is 61.2 Å². The molecule has 3 atom stereocenters. The van der Waals surface area contributed by atoms with Crippen LogP contribution in [0.3, 0.4) is 0 Å². The molecule has 0 spiro atoms. The molecule has 1 heterocycles. The number of sulfonamides is 1. The van der Waals surface area contributed by atoms with E-state index in [1.54, 1.807) is 53.4 Å². The number of rotatable bonds is 10. The molecule has 1 saturated heterocycles. The number of ether oxygens (including phenoxy) is 1. The highest BCUT2D eigenvalue weighted by Gasteiger charge is 2.45. The molecule has 3 aromatic carbocycles. The monoisotopic (exact) mass is 632 g/mol. The summed E-state index contributed by atoms with van der Waals surface area (Å²) in [6, 6.07) is 24.4. The number of para-hydroxylation sites is 1. The number of carbonyl (C=O) groups excluding carboxylic acids is 1. The molecule has 1 aliphatic heterocycles. The van der Waals surface area contributed by atoms with Crippen molar-refractivity contribution in [1.29, 1.82) is 0 Å². The summed E-state index contributed by atoms with van der Waals surface area (Å²) in [5, 5.41) is 10.2. The summed E-state index contributed by atoms with van der Waals surface area (Å²) in [6.07, 6.45) is 0.122. The summed E-state index contributed by atoms with van der Waals surface area (Å²) < 4.78 is 33.9. The number of nitrogens with zero attached hydrogens (tertiary/aromatic N) is 2.